The van der Waals surface area contributed by atoms with Crippen LogP contribution in [0.4, 0.5) is 4.79 Å². The molecule has 0 aliphatic heterocycles. The van der Waals surface area contributed by atoms with Gasteiger partial charge in [0.2, 0.25) is 0 Å². The van der Waals surface area contributed by atoms with E-state index in [0.29, 0.717) is 11.5 Å². The van der Waals surface area contributed by atoms with Crippen molar-refractivity contribution in [2.45, 2.75) is 0 Å². The van der Waals surface area contributed by atoms with Crippen LogP contribution >= 0.6 is 0 Å². The molecule has 2 rings (SSSR count). The maximum atomic E-state index is 11.4. The van der Waals surface area contributed by atoms with Gasteiger partial charge in [-0.05, 0) is 24.3 Å². The van der Waals surface area contributed by atoms with E-state index in [0.717, 1.165) is 0 Å². The predicted octanol–water partition coefficient (Wildman–Crippen LogP) is 2.78. The third kappa shape index (κ3) is 5.64. The minimum absolute atomic E-state index is 0.340. The largest absolute Gasteiger partial charge is 0.515 e. The third-order valence-corrected chi connectivity index (χ3v) is 2.40. The summed E-state index contributed by atoms with van der Waals surface area (Å²) in [5, 5.41) is 0. The number of esters is 1. The van der Waals surface area contributed by atoms with Crippen molar-refractivity contribution >= 4 is 12.1 Å². The molecule has 22 heavy (non-hydrogen) atoms. The molecular formula is C16H14O6. The Labute approximate surface area is 127 Å². The molecule has 0 atom stereocenters. The average Bonchev–Trinajstić information content (AvgIpc) is 2.53. The molecule has 0 unspecified atom stereocenters. The summed E-state index contributed by atoms with van der Waals surface area (Å²) in [5.41, 5.74) is 0. The van der Waals surface area contributed by atoms with Crippen LogP contribution in [0.5, 0.6) is 11.5 Å². The van der Waals surface area contributed by atoms with Gasteiger partial charge in [-0.3, -0.25) is 0 Å². The summed E-state index contributed by atoms with van der Waals surface area (Å²) in [6.07, 6.45) is -0.914. The molecule has 2 aromatic carbocycles. The van der Waals surface area contributed by atoms with Crippen molar-refractivity contribution in [2.24, 2.45) is 0 Å². The molecular weight excluding hydrogens is 288 g/mol. The van der Waals surface area contributed by atoms with E-state index in [4.69, 9.17) is 14.2 Å². The van der Waals surface area contributed by atoms with E-state index in [9.17, 15) is 9.59 Å². The number of carbonyl (C=O) groups is 2. The Kier molecular flexibility index (Phi) is 5.95. The molecule has 0 aliphatic rings. The smallest absolute Gasteiger partial charge is 0.425 e. The van der Waals surface area contributed by atoms with Crippen molar-refractivity contribution in [3.05, 3.63) is 60.7 Å². The summed E-state index contributed by atoms with van der Waals surface area (Å²) < 4.78 is 19.4. The van der Waals surface area contributed by atoms with E-state index in [-0.39, 0.29) is 6.61 Å². The van der Waals surface area contributed by atoms with Crippen molar-refractivity contribution in [3.8, 4) is 11.5 Å². The fourth-order valence-corrected chi connectivity index (χ4v) is 1.48. The van der Waals surface area contributed by atoms with E-state index >= 15 is 0 Å². The Bertz CT molecular complexity index is 541. The molecule has 0 radical (unpaired) electrons. The topological polar surface area (TPSA) is 71.1 Å². The Morgan fingerprint density at radius 1 is 0.773 bits per heavy atom. The fourth-order valence-electron chi connectivity index (χ4n) is 1.48. The van der Waals surface area contributed by atoms with Crippen LogP contribution in [-0.2, 0) is 14.3 Å². The lowest BCUT2D eigenvalue weighted by atomic mass is 10.3. The zero-order valence-corrected chi connectivity index (χ0v) is 11.6. The minimum atomic E-state index is -0.914. The molecule has 0 bridgehead atoms. The van der Waals surface area contributed by atoms with Crippen LogP contribution < -0.4 is 9.47 Å². The first-order valence-electron chi connectivity index (χ1n) is 6.47. The van der Waals surface area contributed by atoms with E-state index in [1.165, 1.54) is 0 Å². The summed E-state index contributed by atoms with van der Waals surface area (Å²) in [7, 11) is 0. The molecule has 2 aromatic rings. The van der Waals surface area contributed by atoms with Crippen LogP contribution in [0.1, 0.15) is 0 Å². The van der Waals surface area contributed by atoms with E-state index in [1.54, 1.807) is 60.7 Å². The number of hydrogen-bond acceptors (Lipinski definition) is 6. The standard InChI is InChI=1S/C16H14O6/c17-15(21-13-7-3-1-4-8-13)11-19-12-20-16(18)22-14-9-5-2-6-10-14/h1-10H,11-12H2. The number of rotatable bonds is 6. The van der Waals surface area contributed by atoms with Crippen LogP contribution in [0.15, 0.2) is 60.7 Å². The van der Waals surface area contributed by atoms with E-state index < -0.39 is 18.9 Å². The molecule has 0 spiro atoms. The molecule has 6 nitrogen and oxygen atoms in total. The lowest BCUT2D eigenvalue weighted by molar-refractivity contribution is -0.143. The highest BCUT2D eigenvalue weighted by Gasteiger charge is 2.08. The van der Waals surface area contributed by atoms with Gasteiger partial charge in [0, 0.05) is 0 Å². The van der Waals surface area contributed by atoms with Gasteiger partial charge in [-0.15, -0.1) is 0 Å². The number of hydrogen-bond donors (Lipinski definition) is 0. The second kappa shape index (κ2) is 8.43. The highest BCUT2D eigenvalue weighted by Crippen LogP contribution is 2.09. The quantitative estimate of drug-likeness (QED) is 0.269. The van der Waals surface area contributed by atoms with Crippen molar-refractivity contribution < 1.29 is 28.5 Å². The van der Waals surface area contributed by atoms with Crippen molar-refractivity contribution in [1.82, 2.24) is 0 Å². The van der Waals surface area contributed by atoms with Gasteiger partial charge in [-0.25, -0.2) is 9.59 Å². The first-order valence-corrected chi connectivity index (χ1v) is 6.47. The monoisotopic (exact) mass is 302 g/mol. The molecule has 114 valence electrons. The minimum Gasteiger partial charge on any atom is -0.425 e. The molecule has 0 heterocycles. The van der Waals surface area contributed by atoms with Crippen LogP contribution in [-0.4, -0.2) is 25.5 Å². The van der Waals surface area contributed by atoms with Gasteiger partial charge in [0.05, 0.1) is 0 Å². The SMILES string of the molecule is O=C(COCOC(=O)Oc1ccccc1)Oc1ccccc1. The van der Waals surface area contributed by atoms with Crippen LogP contribution in [0.2, 0.25) is 0 Å². The summed E-state index contributed by atoms with van der Waals surface area (Å²) in [4.78, 5) is 22.7. The maximum Gasteiger partial charge on any atom is 0.515 e. The first kappa shape index (κ1) is 15.5. The van der Waals surface area contributed by atoms with Gasteiger partial charge in [0.15, 0.2) is 6.79 Å². The average molecular weight is 302 g/mol. The molecule has 0 amide bonds. The predicted molar refractivity (Wildman–Crippen MR) is 76.4 cm³/mol. The molecule has 0 aromatic heterocycles. The molecule has 6 heteroatoms. The van der Waals surface area contributed by atoms with Crippen molar-refractivity contribution in [1.29, 1.82) is 0 Å². The highest BCUT2D eigenvalue weighted by atomic mass is 16.8. The molecule has 0 fully saturated rings. The molecule has 0 aliphatic carbocycles. The molecule has 0 saturated heterocycles. The Morgan fingerprint density at radius 3 is 1.91 bits per heavy atom. The number of ether oxygens (including phenoxy) is 4. The second-order valence-corrected chi connectivity index (χ2v) is 4.06. The van der Waals surface area contributed by atoms with Gasteiger partial charge in [-0.2, -0.15) is 0 Å². The zero-order chi connectivity index (χ0) is 15.6. The van der Waals surface area contributed by atoms with E-state index in [2.05, 4.69) is 4.74 Å². The highest BCUT2D eigenvalue weighted by molar-refractivity contribution is 5.73. The first-order chi connectivity index (χ1) is 10.7. The van der Waals surface area contributed by atoms with E-state index in [1.807, 2.05) is 0 Å². The Morgan fingerprint density at radius 2 is 1.32 bits per heavy atom. The Balaban J connectivity index is 1.60. The summed E-state index contributed by atoms with van der Waals surface area (Å²) in [6.45, 7) is -0.747. The van der Waals surface area contributed by atoms with Gasteiger partial charge in [0.1, 0.15) is 18.1 Å². The maximum absolute atomic E-state index is 11.4. The van der Waals surface area contributed by atoms with Crippen molar-refractivity contribution in [3.63, 3.8) is 0 Å². The lowest BCUT2D eigenvalue weighted by Gasteiger charge is -2.07. The summed E-state index contributed by atoms with van der Waals surface area (Å²) in [6, 6.07) is 17.0. The number of benzene rings is 2. The van der Waals surface area contributed by atoms with Crippen LogP contribution in [0.3, 0.4) is 0 Å². The van der Waals surface area contributed by atoms with Gasteiger partial charge < -0.3 is 18.9 Å². The van der Waals surface area contributed by atoms with Gasteiger partial charge in [-0.1, -0.05) is 36.4 Å². The Hall–Kier alpha value is -2.86. The normalized spacial score (nSPS) is 9.82. The number of carbonyl (C=O) groups excluding carboxylic acids is 2. The van der Waals surface area contributed by atoms with Gasteiger partial charge in [0.25, 0.3) is 0 Å². The lowest BCUT2D eigenvalue weighted by Crippen LogP contribution is -2.19. The third-order valence-electron chi connectivity index (χ3n) is 2.40. The molecule has 0 saturated carbocycles. The number of para-hydroxylation sites is 2. The molecule has 0 N–H and O–H groups in total. The van der Waals surface area contributed by atoms with Crippen molar-refractivity contribution in [2.75, 3.05) is 13.4 Å². The summed E-state index contributed by atoms with van der Waals surface area (Å²) in [5.74, 6) is 0.183. The second-order valence-electron chi connectivity index (χ2n) is 4.06. The fraction of sp³-hybridized carbons (Fsp3) is 0.125. The van der Waals surface area contributed by atoms with Crippen LogP contribution in [0, 0.1) is 0 Å². The van der Waals surface area contributed by atoms with Gasteiger partial charge >= 0.3 is 12.1 Å². The zero-order valence-electron chi connectivity index (χ0n) is 11.6. The summed E-state index contributed by atoms with van der Waals surface area (Å²) >= 11 is 0. The van der Waals surface area contributed by atoms with Crippen LogP contribution in [0.25, 0.3) is 0 Å².